The third-order valence-corrected chi connectivity index (χ3v) is 2.69. The van der Waals surface area contributed by atoms with Gasteiger partial charge in [-0.2, -0.15) is 0 Å². The Morgan fingerprint density at radius 3 is 2.93 bits per heavy atom. The minimum atomic E-state index is 0.174. The molecule has 2 nitrogen and oxygen atoms in total. The van der Waals surface area contributed by atoms with Crippen molar-refractivity contribution in [3.63, 3.8) is 0 Å². The average molecular weight is 332 g/mol. The Kier molecular flexibility index (Phi) is 5.04. The lowest BCUT2D eigenvalue weighted by Gasteiger charge is -2.13. The molecule has 0 amide bonds. The van der Waals surface area contributed by atoms with E-state index in [9.17, 15) is 0 Å². The lowest BCUT2D eigenvalue weighted by atomic mass is 10.3. The molecule has 0 spiro atoms. The number of rotatable bonds is 3. The number of halogens is 1. The molecule has 0 aliphatic carbocycles. The molecule has 0 aliphatic rings. The van der Waals surface area contributed by atoms with Gasteiger partial charge in [-0.25, -0.2) is 0 Å². The minimum absolute atomic E-state index is 0.174. The SMILES string of the molecule is C=CC(C)NC(=S)Nc1cccc(I)c1. The fraction of sp³-hybridized carbons (Fsp3) is 0.182. The summed E-state index contributed by atoms with van der Waals surface area (Å²) >= 11 is 7.41. The second kappa shape index (κ2) is 6.07. The highest BCUT2D eigenvalue weighted by Crippen LogP contribution is 2.12. The molecular formula is C11H13IN2S. The van der Waals surface area contributed by atoms with Gasteiger partial charge in [-0.15, -0.1) is 6.58 Å². The second-order valence-electron chi connectivity index (χ2n) is 3.13. The van der Waals surface area contributed by atoms with Gasteiger partial charge < -0.3 is 10.6 Å². The number of hydrogen-bond acceptors (Lipinski definition) is 1. The van der Waals surface area contributed by atoms with Gasteiger partial charge >= 0.3 is 0 Å². The molecule has 0 aromatic heterocycles. The van der Waals surface area contributed by atoms with Crippen molar-refractivity contribution in [2.45, 2.75) is 13.0 Å². The molecule has 0 saturated carbocycles. The van der Waals surface area contributed by atoms with Crippen molar-refractivity contribution in [3.8, 4) is 0 Å². The first-order valence-corrected chi connectivity index (χ1v) is 6.06. The summed E-state index contributed by atoms with van der Waals surface area (Å²) in [6.07, 6.45) is 1.81. The summed E-state index contributed by atoms with van der Waals surface area (Å²) in [6.45, 7) is 5.68. The van der Waals surface area contributed by atoms with E-state index in [2.05, 4.69) is 39.8 Å². The first-order valence-electron chi connectivity index (χ1n) is 4.57. The maximum atomic E-state index is 5.15. The van der Waals surface area contributed by atoms with Crippen LogP contribution in [-0.4, -0.2) is 11.2 Å². The highest BCUT2D eigenvalue weighted by atomic mass is 127. The fourth-order valence-electron chi connectivity index (χ4n) is 0.999. The van der Waals surface area contributed by atoms with Crippen LogP contribution in [0.3, 0.4) is 0 Å². The largest absolute Gasteiger partial charge is 0.357 e. The normalized spacial score (nSPS) is 11.6. The van der Waals surface area contributed by atoms with Crippen molar-refractivity contribution in [3.05, 3.63) is 40.5 Å². The first-order chi connectivity index (χ1) is 7.11. The molecule has 0 saturated heterocycles. The molecule has 1 aromatic rings. The van der Waals surface area contributed by atoms with Crippen molar-refractivity contribution < 1.29 is 0 Å². The molecule has 0 aliphatic heterocycles. The van der Waals surface area contributed by atoms with Gasteiger partial charge in [0.05, 0.1) is 0 Å². The minimum Gasteiger partial charge on any atom is -0.357 e. The second-order valence-corrected chi connectivity index (χ2v) is 4.79. The lowest BCUT2D eigenvalue weighted by molar-refractivity contribution is 0.815. The number of anilines is 1. The van der Waals surface area contributed by atoms with E-state index in [1.165, 1.54) is 3.57 Å². The van der Waals surface area contributed by atoms with Gasteiger partial charge in [-0.1, -0.05) is 12.1 Å². The van der Waals surface area contributed by atoms with E-state index in [-0.39, 0.29) is 6.04 Å². The highest BCUT2D eigenvalue weighted by Gasteiger charge is 2.00. The summed E-state index contributed by atoms with van der Waals surface area (Å²) in [6, 6.07) is 8.22. The van der Waals surface area contributed by atoms with Crippen molar-refractivity contribution >= 4 is 45.6 Å². The molecule has 1 unspecified atom stereocenters. The van der Waals surface area contributed by atoms with E-state index >= 15 is 0 Å². The van der Waals surface area contributed by atoms with Gasteiger partial charge in [0.25, 0.3) is 0 Å². The summed E-state index contributed by atoms with van der Waals surface area (Å²) in [7, 11) is 0. The molecule has 0 fully saturated rings. The quantitative estimate of drug-likeness (QED) is 0.505. The standard InChI is InChI=1S/C11H13IN2S/c1-3-8(2)13-11(15)14-10-6-4-5-9(12)7-10/h3-8H,1H2,2H3,(H2,13,14,15). The van der Waals surface area contributed by atoms with E-state index in [0.717, 1.165) is 5.69 Å². The Morgan fingerprint density at radius 1 is 1.60 bits per heavy atom. The summed E-state index contributed by atoms with van der Waals surface area (Å²) in [4.78, 5) is 0. The van der Waals surface area contributed by atoms with Crippen LogP contribution in [0, 0.1) is 3.57 Å². The number of benzene rings is 1. The Labute approximate surface area is 109 Å². The molecule has 0 heterocycles. The molecule has 0 radical (unpaired) electrons. The van der Waals surface area contributed by atoms with Gasteiger partial charge in [0, 0.05) is 15.3 Å². The Morgan fingerprint density at radius 2 is 2.33 bits per heavy atom. The zero-order chi connectivity index (χ0) is 11.3. The van der Waals surface area contributed by atoms with E-state index in [0.29, 0.717) is 5.11 Å². The summed E-state index contributed by atoms with van der Waals surface area (Å²) in [5.74, 6) is 0. The topological polar surface area (TPSA) is 24.1 Å². The maximum absolute atomic E-state index is 5.15. The first kappa shape index (κ1) is 12.4. The smallest absolute Gasteiger partial charge is 0.171 e. The van der Waals surface area contributed by atoms with E-state index in [1.807, 2.05) is 37.3 Å². The van der Waals surface area contributed by atoms with Crippen molar-refractivity contribution in [1.82, 2.24) is 5.32 Å². The third kappa shape index (κ3) is 4.61. The Balaban J connectivity index is 2.55. The van der Waals surface area contributed by atoms with E-state index in [1.54, 1.807) is 0 Å². The van der Waals surface area contributed by atoms with Crippen LogP contribution in [0.2, 0.25) is 0 Å². The van der Waals surface area contributed by atoms with Crippen LogP contribution in [0.1, 0.15) is 6.92 Å². The lowest BCUT2D eigenvalue weighted by Crippen LogP contribution is -2.34. The molecule has 80 valence electrons. The van der Waals surface area contributed by atoms with Crippen LogP contribution in [0.25, 0.3) is 0 Å². The molecule has 1 aromatic carbocycles. The summed E-state index contributed by atoms with van der Waals surface area (Å²) in [5.41, 5.74) is 0.996. The molecule has 2 N–H and O–H groups in total. The highest BCUT2D eigenvalue weighted by molar-refractivity contribution is 14.1. The Hall–Kier alpha value is -0.620. The van der Waals surface area contributed by atoms with Crippen molar-refractivity contribution in [2.24, 2.45) is 0 Å². The van der Waals surface area contributed by atoms with Crippen LogP contribution >= 0.6 is 34.8 Å². The summed E-state index contributed by atoms with van der Waals surface area (Å²) in [5, 5.41) is 6.83. The van der Waals surface area contributed by atoms with Crippen LogP contribution in [0.15, 0.2) is 36.9 Å². The molecule has 4 heteroatoms. The van der Waals surface area contributed by atoms with Gasteiger partial charge in [0.15, 0.2) is 5.11 Å². The van der Waals surface area contributed by atoms with E-state index in [4.69, 9.17) is 12.2 Å². The predicted molar refractivity (Wildman–Crippen MR) is 78.2 cm³/mol. The molecule has 1 atom stereocenters. The van der Waals surface area contributed by atoms with Crippen LogP contribution in [0.4, 0.5) is 5.69 Å². The van der Waals surface area contributed by atoms with Crippen molar-refractivity contribution in [1.29, 1.82) is 0 Å². The maximum Gasteiger partial charge on any atom is 0.171 e. The molecule has 1 rings (SSSR count). The van der Waals surface area contributed by atoms with E-state index < -0.39 is 0 Å². The van der Waals surface area contributed by atoms with Crippen LogP contribution < -0.4 is 10.6 Å². The number of thiocarbonyl (C=S) groups is 1. The van der Waals surface area contributed by atoms with Crippen molar-refractivity contribution in [2.75, 3.05) is 5.32 Å². The molecule has 15 heavy (non-hydrogen) atoms. The average Bonchev–Trinajstić information content (AvgIpc) is 2.17. The predicted octanol–water partition coefficient (Wildman–Crippen LogP) is 3.15. The van der Waals surface area contributed by atoms with Gasteiger partial charge in [-0.05, 0) is 59.9 Å². The van der Waals surface area contributed by atoms with Crippen LogP contribution in [0.5, 0.6) is 0 Å². The summed E-state index contributed by atoms with van der Waals surface area (Å²) < 4.78 is 1.18. The number of nitrogens with one attached hydrogen (secondary N) is 2. The van der Waals surface area contributed by atoms with Gasteiger partial charge in [0.2, 0.25) is 0 Å². The Bertz CT molecular complexity index is 365. The zero-order valence-corrected chi connectivity index (χ0v) is 11.4. The fourth-order valence-corrected chi connectivity index (χ4v) is 1.85. The zero-order valence-electron chi connectivity index (χ0n) is 8.46. The van der Waals surface area contributed by atoms with Gasteiger partial charge in [0.1, 0.15) is 0 Å². The molecule has 0 bridgehead atoms. The van der Waals surface area contributed by atoms with Crippen LogP contribution in [-0.2, 0) is 0 Å². The third-order valence-electron chi connectivity index (χ3n) is 1.79. The van der Waals surface area contributed by atoms with Gasteiger partial charge in [-0.3, -0.25) is 0 Å². The molecular weight excluding hydrogens is 319 g/mol. The number of hydrogen-bond donors (Lipinski definition) is 2. The monoisotopic (exact) mass is 332 g/mol.